The Balaban J connectivity index is 2.56. The van der Waals surface area contributed by atoms with Gasteiger partial charge in [-0.3, -0.25) is 9.69 Å². The van der Waals surface area contributed by atoms with E-state index in [2.05, 4.69) is 30.7 Å². The third-order valence-electron chi connectivity index (χ3n) is 3.00. The molecule has 0 bridgehead atoms. The minimum absolute atomic E-state index is 0.00591. The molecule has 5 heteroatoms. The van der Waals surface area contributed by atoms with Crippen LogP contribution in [0.2, 0.25) is 0 Å². The van der Waals surface area contributed by atoms with Crippen LogP contribution in [0.4, 0.5) is 0 Å². The Morgan fingerprint density at radius 3 is 2.56 bits per heavy atom. The molecular weight excluding hydrogens is 248 g/mol. The lowest BCUT2D eigenvalue weighted by molar-refractivity contribution is -0.137. The summed E-state index contributed by atoms with van der Waals surface area (Å²) in [6.07, 6.45) is 1.13. The van der Waals surface area contributed by atoms with Crippen molar-refractivity contribution in [3.05, 3.63) is 16.1 Å². The molecule has 0 aliphatic carbocycles. The number of hydrogen-bond donors (Lipinski definition) is 1. The Morgan fingerprint density at radius 1 is 1.44 bits per heavy atom. The van der Waals surface area contributed by atoms with Gasteiger partial charge in [-0.25, -0.2) is 4.98 Å². The summed E-state index contributed by atoms with van der Waals surface area (Å²) in [4.78, 5) is 18.4. The molecule has 102 valence electrons. The minimum Gasteiger partial charge on any atom is -0.481 e. The van der Waals surface area contributed by atoms with Crippen LogP contribution in [-0.2, 0) is 11.2 Å². The fraction of sp³-hybridized carbons (Fsp3) is 0.692. The normalized spacial score (nSPS) is 12.1. The van der Waals surface area contributed by atoms with Crippen molar-refractivity contribution in [2.24, 2.45) is 0 Å². The average molecular weight is 270 g/mol. The molecule has 1 rings (SSSR count). The predicted octanol–water partition coefficient (Wildman–Crippen LogP) is 2.57. The van der Waals surface area contributed by atoms with E-state index in [-0.39, 0.29) is 12.0 Å². The summed E-state index contributed by atoms with van der Waals surface area (Å²) in [6.45, 7) is 9.85. The highest BCUT2D eigenvalue weighted by molar-refractivity contribution is 7.09. The van der Waals surface area contributed by atoms with Crippen LogP contribution in [0.25, 0.3) is 0 Å². The average Bonchev–Trinajstić information content (AvgIpc) is 2.61. The van der Waals surface area contributed by atoms with E-state index in [1.165, 1.54) is 4.88 Å². The number of carboxylic acid groups (broad SMARTS) is 1. The second-order valence-corrected chi connectivity index (χ2v) is 6.35. The SMILES string of the molecule is Cc1ncsc1CCN(CCC(=O)O)C(C)(C)C. The molecule has 1 aromatic rings. The molecule has 0 radical (unpaired) electrons. The highest BCUT2D eigenvalue weighted by Gasteiger charge is 2.21. The maximum Gasteiger partial charge on any atom is 0.304 e. The number of aliphatic carboxylic acids is 1. The Bertz CT molecular complexity index is 396. The first kappa shape index (κ1) is 15.1. The molecule has 0 amide bonds. The zero-order valence-corrected chi connectivity index (χ0v) is 12.4. The number of aryl methyl sites for hydroxylation is 1. The van der Waals surface area contributed by atoms with Gasteiger partial charge in [-0.1, -0.05) is 0 Å². The monoisotopic (exact) mass is 270 g/mol. The molecule has 0 saturated carbocycles. The van der Waals surface area contributed by atoms with Crippen LogP contribution in [-0.4, -0.2) is 39.6 Å². The Kier molecular flexibility index (Phi) is 5.28. The standard InChI is InChI=1S/C13H22N2O2S/c1-10-11(18-9-14-10)5-7-15(13(2,3)4)8-6-12(16)17/h9H,5-8H2,1-4H3,(H,16,17). The maximum atomic E-state index is 10.7. The second kappa shape index (κ2) is 6.29. The lowest BCUT2D eigenvalue weighted by Crippen LogP contribution is -2.43. The summed E-state index contributed by atoms with van der Waals surface area (Å²) >= 11 is 1.67. The van der Waals surface area contributed by atoms with E-state index in [1.807, 2.05) is 12.4 Å². The van der Waals surface area contributed by atoms with Gasteiger partial charge in [0.2, 0.25) is 0 Å². The summed E-state index contributed by atoms with van der Waals surface area (Å²) in [7, 11) is 0. The van der Waals surface area contributed by atoms with Gasteiger partial charge >= 0.3 is 5.97 Å². The molecule has 0 unspecified atom stereocenters. The number of carbonyl (C=O) groups is 1. The molecule has 1 N–H and O–H groups in total. The van der Waals surface area contributed by atoms with Crippen LogP contribution in [0.5, 0.6) is 0 Å². The van der Waals surface area contributed by atoms with Gasteiger partial charge in [-0.05, 0) is 34.1 Å². The largest absolute Gasteiger partial charge is 0.481 e. The van der Waals surface area contributed by atoms with Crippen LogP contribution in [0.15, 0.2) is 5.51 Å². The first-order valence-electron chi connectivity index (χ1n) is 6.16. The lowest BCUT2D eigenvalue weighted by atomic mass is 10.0. The van der Waals surface area contributed by atoms with Crippen LogP contribution < -0.4 is 0 Å². The Morgan fingerprint density at radius 2 is 2.11 bits per heavy atom. The zero-order valence-electron chi connectivity index (χ0n) is 11.6. The number of hydrogen-bond acceptors (Lipinski definition) is 4. The summed E-state index contributed by atoms with van der Waals surface area (Å²) in [5.74, 6) is -0.738. The smallest absolute Gasteiger partial charge is 0.304 e. The number of nitrogens with zero attached hydrogens (tertiary/aromatic N) is 2. The van der Waals surface area contributed by atoms with Gasteiger partial charge in [-0.2, -0.15) is 0 Å². The van der Waals surface area contributed by atoms with Gasteiger partial charge in [0.1, 0.15) is 0 Å². The molecule has 0 aromatic carbocycles. The quantitative estimate of drug-likeness (QED) is 0.863. The lowest BCUT2D eigenvalue weighted by Gasteiger charge is -2.35. The van der Waals surface area contributed by atoms with Crippen molar-refractivity contribution in [1.29, 1.82) is 0 Å². The minimum atomic E-state index is -0.738. The van der Waals surface area contributed by atoms with E-state index in [9.17, 15) is 4.79 Å². The molecule has 0 aliphatic rings. The number of carboxylic acids is 1. The van der Waals surface area contributed by atoms with E-state index < -0.39 is 5.97 Å². The molecule has 18 heavy (non-hydrogen) atoms. The van der Waals surface area contributed by atoms with Crippen molar-refractivity contribution in [1.82, 2.24) is 9.88 Å². The highest BCUT2D eigenvalue weighted by atomic mass is 32.1. The summed E-state index contributed by atoms with van der Waals surface area (Å²) in [5.41, 5.74) is 2.95. The van der Waals surface area contributed by atoms with Gasteiger partial charge in [0, 0.05) is 23.5 Å². The predicted molar refractivity (Wildman–Crippen MR) is 74.1 cm³/mol. The topological polar surface area (TPSA) is 53.4 Å². The van der Waals surface area contributed by atoms with Crippen molar-refractivity contribution < 1.29 is 9.90 Å². The number of rotatable bonds is 6. The van der Waals surface area contributed by atoms with Gasteiger partial charge in [0.25, 0.3) is 0 Å². The molecule has 0 atom stereocenters. The molecule has 4 nitrogen and oxygen atoms in total. The van der Waals surface area contributed by atoms with Crippen molar-refractivity contribution in [3.8, 4) is 0 Å². The first-order chi connectivity index (χ1) is 8.30. The van der Waals surface area contributed by atoms with E-state index in [1.54, 1.807) is 11.3 Å². The highest BCUT2D eigenvalue weighted by Crippen LogP contribution is 2.18. The van der Waals surface area contributed by atoms with Crippen LogP contribution >= 0.6 is 11.3 Å². The van der Waals surface area contributed by atoms with Crippen molar-refractivity contribution in [2.75, 3.05) is 13.1 Å². The number of aromatic nitrogens is 1. The first-order valence-corrected chi connectivity index (χ1v) is 7.04. The molecule has 0 saturated heterocycles. The van der Waals surface area contributed by atoms with E-state index >= 15 is 0 Å². The maximum absolute atomic E-state index is 10.7. The van der Waals surface area contributed by atoms with Gasteiger partial charge in [0.15, 0.2) is 0 Å². The van der Waals surface area contributed by atoms with Gasteiger partial charge < -0.3 is 5.11 Å². The number of thiazole rings is 1. The summed E-state index contributed by atoms with van der Waals surface area (Å²) < 4.78 is 0. The second-order valence-electron chi connectivity index (χ2n) is 5.41. The molecule has 0 fully saturated rings. The molecule has 1 heterocycles. The molecule has 0 aliphatic heterocycles. The molecular formula is C13H22N2O2S. The fourth-order valence-corrected chi connectivity index (χ4v) is 2.59. The van der Waals surface area contributed by atoms with Crippen molar-refractivity contribution >= 4 is 17.3 Å². The van der Waals surface area contributed by atoms with Gasteiger partial charge in [-0.15, -0.1) is 11.3 Å². The van der Waals surface area contributed by atoms with E-state index in [0.29, 0.717) is 6.54 Å². The van der Waals surface area contributed by atoms with Crippen LogP contribution in [0.3, 0.4) is 0 Å². The van der Waals surface area contributed by atoms with Crippen molar-refractivity contribution in [3.63, 3.8) is 0 Å². The summed E-state index contributed by atoms with van der Waals surface area (Å²) in [5, 5.41) is 8.79. The Labute approximate surface area is 113 Å². The van der Waals surface area contributed by atoms with E-state index in [4.69, 9.17) is 5.11 Å². The van der Waals surface area contributed by atoms with Gasteiger partial charge in [0.05, 0.1) is 17.6 Å². The fourth-order valence-electron chi connectivity index (χ4n) is 1.82. The third-order valence-corrected chi connectivity index (χ3v) is 3.99. The van der Waals surface area contributed by atoms with Crippen LogP contribution in [0.1, 0.15) is 37.8 Å². The Hall–Kier alpha value is -0.940. The molecule has 0 spiro atoms. The van der Waals surface area contributed by atoms with Crippen LogP contribution in [0, 0.1) is 6.92 Å². The van der Waals surface area contributed by atoms with E-state index in [0.717, 1.165) is 18.7 Å². The molecule has 1 aromatic heterocycles. The third kappa shape index (κ3) is 4.74. The van der Waals surface area contributed by atoms with Crippen molar-refractivity contribution in [2.45, 2.75) is 46.1 Å². The zero-order chi connectivity index (χ0) is 13.8. The summed E-state index contributed by atoms with van der Waals surface area (Å²) in [6, 6.07) is 0.